The van der Waals surface area contributed by atoms with Crippen LogP contribution in [-0.2, 0) is 17.9 Å². The number of amides is 1. The monoisotopic (exact) mass is 454 g/mol. The number of rotatable bonds is 12. The molecular weight excluding hydrogens is 428 g/mol. The number of hydrogen-bond acceptors (Lipinski definition) is 7. The van der Waals surface area contributed by atoms with Crippen molar-refractivity contribution in [3.63, 3.8) is 0 Å². The number of benzene rings is 2. The topological polar surface area (TPSA) is 87.5 Å². The Kier molecular flexibility index (Phi) is 8.56. The van der Waals surface area contributed by atoms with Crippen molar-refractivity contribution < 1.29 is 19.0 Å². The highest BCUT2D eigenvalue weighted by atomic mass is 32.2. The summed E-state index contributed by atoms with van der Waals surface area (Å²) in [6.45, 7) is 6.96. The second kappa shape index (κ2) is 11.8. The van der Waals surface area contributed by atoms with E-state index in [-0.39, 0.29) is 18.3 Å². The van der Waals surface area contributed by atoms with Crippen LogP contribution in [0.25, 0.3) is 0 Å². The van der Waals surface area contributed by atoms with Gasteiger partial charge in [-0.05, 0) is 43.3 Å². The smallest absolute Gasteiger partial charge is 0.234 e. The highest BCUT2D eigenvalue weighted by molar-refractivity contribution is 7.99. The molecule has 0 aliphatic rings. The molecule has 1 heterocycles. The lowest BCUT2D eigenvalue weighted by molar-refractivity contribution is -0.113. The maximum absolute atomic E-state index is 12.5. The van der Waals surface area contributed by atoms with Gasteiger partial charge in [-0.15, -0.1) is 16.8 Å². The summed E-state index contributed by atoms with van der Waals surface area (Å²) in [4.78, 5) is 12.5. The number of aromatic nitrogens is 3. The predicted molar refractivity (Wildman–Crippen MR) is 125 cm³/mol. The number of allylic oxidation sites excluding steroid dienone is 1. The Morgan fingerprint density at radius 1 is 1.12 bits per heavy atom. The summed E-state index contributed by atoms with van der Waals surface area (Å²) in [5.74, 6) is 2.75. The molecule has 0 unspecified atom stereocenters. The number of ether oxygens (including phenoxy) is 3. The van der Waals surface area contributed by atoms with Crippen molar-refractivity contribution in [2.45, 2.75) is 25.2 Å². The first-order valence-electron chi connectivity index (χ1n) is 10.1. The molecule has 0 aliphatic carbocycles. The molecule has 168 valence electrons. The molecule has 3 rings (SSSR count). The minimum Gasteiger partial charge on any atom is -0.497 e. The normalized spacial score (nSPS) is 10.4. The van der Waals surface area contributed by atoms with Gasteiger partial charge in [0.2, 0.25) is 5.91 Å². The fourth-order valence-electron chi connectivity index (χ4n) is 2.83. The maximum atomic E-state index is 12.5. The van der Waals surface area contributed by atoms with Crippen molar-refractivity contribution in [1.29, 1.82) is 0 Å². The summed E-state index contributed by atoms with van der Waals surface area (Å²) in [7, 11) is 1.62. The summed E-state index contributed by atoms with van der Waals surface area (Å²) >= 11 is 1.30. The minimum atomic E-state index is -0.161. The van der Waals surface area contributed by atoms with Crippen molar-refractivity contribution >= 4 is 23.4 Å². The van der Waals surface area contributed by atoms with E-state index >= 15 is 0 Å². The Balaban J connectivity index is 1.60. The van der Waals surface area contributed by atoms with E-state index < -0.39 is 0 Å². The molecule has 0 atom stereocenters. The van der Waals surface area contributed by atoms with Gasteiger partial charge >= 0.3 is 0 Å². The predicted octanol–water partition coefficient (Wildman–Crippen LogP) is 4.18. The Morgan fingerprint density at radius 2 is 1.88 bits per heavy atom. The molecule has 0 aliphatic heterocycles. The first-order chi connectivity index (χ1) is 15.6. The molecule has 1 N–H and O–H groups in total. The van der Waals surface area contributed by atoms with Crippen molar-refractivity contribution in [1.82, 2.24) is 14.8 Å². The lowest BCUT2D eigenvalue weighted by Crippen LogP contribution is -2.15. The Labute approximate surface area is 191 Å². The van der Waals surface area contributed by atoms with Crippen molar-refractivity contribution in [2.75, 3.05) is 24.8 Å². The van der Waals surface area contributed by atoms with Gasteiger partial charge in [0.1, 0.15) is 23.9 Å². The quantitative estimate of drug-likeness (QED) is 0.324. The van der Waals surface area contributed by atoms with Crippen LogP contribution in [0.1, 0.15) is 12.7 Å². The molecule has 1 aromatic heterocycles. The van der Waals surface area contributed by atoms with Crippen molar-refractivity contribution in [2.24, 2.45) is 0 Å². The van der Waals surface area contributed by atoms with Crippen LogP contribution in [0.5, 0.6) is 17.2 Å². The highest BCUT2D eigenvalue weighted by Gasteiger charge is 2.15. The van der Waals surface area contributed by atoms with E-state index in [9.17, 15) is 4.79 Å². The number of nitrogens with one attached hydrogen (secondary N) is 1. The second-order valence-corrected chi connectivity index (χ2v) is 7.47. The van der Waals surface area contributed by atoms with Gasteiger partial charge in [-0.3, -0.25) is 9.36 Å². The zero-order valence-corrected chi connectivity index (χ0v) is 18.9. The van der Waals surface area contributed by atoms with Gasteiger partial charge in [0, 0.05) is 6.54 Å². The number of para-hydroxylation sites is 2. The third-order valence-electron chi connectivity index (χ3n) is 4.33. The number of anilines is 1. The Morgan fingerprint density at radius 3 is 2.59 bits per heavy atom. The highest BCUT2D eigenvalue weighted by Crippen LogP contribution is 2.25. The van der Waals surface area contributed by atoms with Gasteiger partial charge in [-0.25, -0.2) is 0 Å². The van der Waals surface area contributed by atoms with Gasteiger partial charge in [-0.1, -0.05) is 30.0 Å². The lowest BCUT2D eigenvalue weighted by Gasteiger charge is -2.11. The van der Waals surface area contributed by atoms with Gasteiger partial charge in [0.05, 0.1) is 25.2 Å². The number of methoxy groups -OCH3 is 1. The third-order valence-corrected chi connectivity index (χ3v) is 5.29. The molecule has 3 aromatic rings. The summed E-state index contributed by atoms with van der Waals surface area (Å²) in [5.41, 5.74) is 0.640. The van der Waals surface area contributed by atoms with Crippen molar-refractivity contribution in [3.05, 3.63) is 67.0 Å². The number of nitrogens with zero attached hydrogens (tertiary/aromatic N) is 3. The fraction of sp³-hybridized carbons (Fsp3) is 0.261. The van der Waals surface area contributed by atoms with Crippen LogP contribution in [0.4, 0.5) is 5.69 Å². The van der Waals surface area contributed by atoms with E-state index in [1.54, 1.807) is 13.2 Å². The zero-order chi connectivity index (χ0) is 22.8. The van der Waals surface area contributed by atoms with Gasteiger partial charge < -0.3 is 19.5 Å². The maximum Gasteiger partial charge on any atom is 0.234 e. The van der Waals surface area contributed by atoms with E-state index in [1.807, 2.05) is 60.0 Å². The van der Waals surface area contributed by atoms with Crippen LogP contribution >= 0.6 is 11.8 Å². The van der Waals surface area contributed by atoms with Crippen LogP contribution in [0, 0.1) is 0 Å². The molecule has 9 heteroatoms. The first kappa shape index (κ1) is 23.2. The molecule has 8 nitrogen and oxygen atoms in total. The van der Waals surface area contributed by atoms with E-state index in [0.29, 0.717) is 41.3 Å². The third kappa shape index (κ3) is 6.27. The molecule has 1 amide bonds. The van der Waals surface area contributed by atoms with E-state index in [0.717, 1.165) is 5.75 Å². The number of thioether (sulfide) groups is 1. The molecular formula is C23H26N4O4S. The van der Waals surface area contributed by atoms with Crippen LogP contribution in [0.2, 0.25) is 0 Å². The van der Waals surface area contributed by atoms with Crippen LogP contribution in [0.3, 0.4) is 0 Å². The second-order valence-electron chi connectivity index (χ2n) is 6.53. The summed E-state index contributed by atoms with van der Waals surface area (Å²) in [5, 5.41) is 12.0. The zero-order valence-electron chi connectivity index (χ0n) is 18.1. The van der Waals surface area contributed by atoms with Gasteiger partial charge in [0.25, 0.3) is 0 Å². The van der Waals surface area contributed by atoms with Crippen LogP contribution < -0.4 is 19.5 Å². The van der Waals surface area contributed by atoms with Gasteiger partial charge in [-0.2, -0.15) is 0 Å². The molecule has 2 aromatic carbocycles. The summed E-state index contributed by atoms with van der Waals surface area (Å²) in [6.07, 6.45) is 1.75. The largest absolute Gasteiger partial charge is 0.497 e. The Bertz CT molecular complexity index is 1040. The lowest BCUT2D eigenvalue weighted by atomic mass is 10.3. The minimum absolute atomic E-state index is 0.161. The average molecular weight is 455 g/mol. The average Bonchev–Trinajstić information content (AvgIpc) is 3.20. The van der Waals surface area contributed by atoms with Crippen molar-refractivity contribution in [3.8, 4) is 17.2 Å². The molecule has 0 saturated carbocycles. The molecule has 0 saturated heterocycles. The first-order valence-corrected chi connectivity index (χ1v) is 11.1. The standard InChI is InChI=1S/C23H26N4O4S/c1-4-14-27-21(15-31-18-12-10-17(29-3)11-13-18)25-26-23(27)32-16-22(28)24-19-8-6-7-9-20(19)30-5-2/h4,6-13H,1,5,14-16H2,2-3H3,(H,24,28). The Hall–Kier alpha value is -3.46. The fourth-order valence-corrected chi connectivity index (χ4v) is 3.60. The molecule has 0 bridgehead atoms. The number of carbonyl (C=O) groups is 1. The molecule has 0 fully saturated rings. The van der Waals surface area contributed by atoms with E-state index in [4.69, 9.17) is 14.2 Å². The molecule has 0 radical (unpaired) electrons. The molecule has 0 spiro atoms. The van der Waals surface area contributed by atoms with Crippen LogP contribution in [-0.4, -0.2) is 40.1 Å². The van der Waals surface area contributed by atoms with E-state index in [2.05, 4.69) is 22.1 Å². The van der Waals surface area contributed by atoms with E-state index in [1.165, 1.54) is 11.8 Å². The summed E-state index contributed by atoms with van der Waals surface area (Å²) in [6, 6.07) is 14.6. The van der Waals surface area contributed by atoms with Gasteiger partial charge in [0.15, 0.2) is 11.0 Å². The number of carbonyl (C=O) groups excluding carboxylic acids is 1. The summed E-state index contributed by atoms with van der Waals surface area (Å²) < 4.78 is 18.4. The van der Waals surface area contributed by atoms with Crippen LogP contribution in [0.15, 0.2) is 66.3 Å². The number of hydrogen-bond donors (Lipinski definition) is 1. The SMILES string of the molecule is C=CCn1c(COc2ccc(OC)cc2)nnc1SCC(=O)Nc1ccccc1OCC. The molecule has 32 heavy (non-hydrogen) atoms.